The van der Waals surface area contributed by atoms with E-state index in [-0.39, 0.29) is 6.04 Å². The van der Waals surface area contributed by atoms with Gasteiger partial charge in [0.1, 0.15) is 11.5 Å². The normalized spacial score (nSPS) is 16.2. The SMILES string of the molecule is Cc1cccnc1-c1nc(N2CCC(NS(C)(=O)=O)CC2)ccc1Cl. The van der Waals surface area contributed by atoms with Crippen molar-refractivity contribution in [2.45, 2.75) is 25.8 Å². The summed E-state index contributed by atoms with van der Waals surface area (Å²) in [5.41, 5.74) is 2.47. The van der Waals surface area contributed by atoms with Crippen LogP contribution in [0.3, 0.4) is 0 Å². The average Bonchev–Trinajstić information content (AvgIpc) is 2.55. The lowest BCUT2D eigenvalue weighted by molar-refractivity contribution is 0.460. The number of sulfonamides is 1. The maximum atomic E-state index is 11.4. The Morgan fingerprint density at radius 1 is 1.20 bits per heavy atom. The van der Waals surface area contributed by atoms with Gasteiger partial charge >= 0.3 is 0 Å². The minimum Gasteiger partial charge on any atom is -0.356 e. The van der Waals surface area contributed by atoms with Gasteiger partial charge < -0.3 is 4.90 Å². The van der Waals surface area contributed by atoms with E-state index in [0.717, 1.165) is 43.0 Å². The minimum atomic E-state index is -3.17. The number of aryl methyl sites for hydroxylation is 1. The smallest absolute Gasteiger partial charge is 0.208 e. The number of nitrogens with zero attached hydrogens (tertiary/aromatic N) is 3. The second kappa shape index (κ2) is 7.27. The first kappa shape index (κ1) is 18.1. The molecule has 0 atom stereocenters. The van der Waals surface area contributed by atoms with Gasteiger partial charge in [-0.05, 0) is 43.5 Å². The Kier molecular flexibility index (Phi) is 5.27. The number of halogens is 1. The number of anilines is 1. The van der Waals surface area contributed by atoms with Gasteiger partial charge in [-0.3, -0.25) is 4.98 Å². The molecular formula is C17H21ClN4O2S. The van der Waals surface area contributed by atoms with E-state index in [4.69, 9.17) is 16.6 Å². The third-order valence-electron chi connectivity index (χ3n) is 4.26. The molecule has 2 aromatic rings. The molecule has 1 aliphatic heterocycles. The molecule has 1 saturated heterocycles. The van der Waals surface area contributed by atoms with E-state index in [1.54, 1.807) is 6.20 Å². The number of nitrogens with one attached hydrogen (secondary N) is 1. The van der Waals surface area contributed by atoms with Crippen LogP contribution in [-0.2, 0) is 10.0 Å². The molecule has 3 heterocycles. The number of piperidine rings is 1. The molecule has 0 spiro atoms. The molecular weight excluding hydrogens is 360 g/mol. The van der Waals surface area contributed by atoms with Crippen LogP contribution in [0.25, 0.3) is 11.4 Å². The van der Waals surface area contributed by atoms with Crippen molar-refractivity contribution in [3.63, 3.8) is 0 Å². The summed E-state index contributed by atoms with van der Waals surface area (Å²) in [5, 5.41) is 0.569. The monoisotopic (exact) mass is 380 g/mol. The molecule has 1 fully saturated rings. The summed E-state index contributed by atoms with van der Waals surface area (Å²) in [6, 6.07) is 7.59. The molecule has 0 amide bonds. The number of pyridine rings is 2. The van der Waals surface area contributed by atoms with Crippen LogP contribution in [0.2, 0.25) is 5.02 Å². The summed E-state index contributed by atoms with van der Waals surface area (Å²) in [6.07, 6.45) is 4.42. The molecule has 0 unspecified atom stereocenters. The summed E-state index contributed by atoms with van der Waals surface area (Å²) < 4.78 is 25.4. The maximum absolute atomic E-state index is 11.4. The fourth-order valence-electron chi connectivity index (χ4n) is 3.04. The Morgan fingerprint density at radius 2 is 1.92 bits per heavy atom. The van der Waals surface area contributed by atoms with Crippen LogP contribution >= 0.6 is 11.6 Å². The first-order valence-electron chi connectivity index (χ1n) is 8.14. The summed E-state index contributed by atoms with van der Waals surface area (Å²) >= 11 is 6.34. The van der Waals surface area contributed by atoms with E-state index in [2.05, 4.69) is 14.6 Å². The fourth-order valence-corrected chi connectivity index (χ4v) is 4.07. The molecule has 0 bridgehead atoms. The lowest BCUT2D eigenvalue weighted by Gasteiger charge is -2.33. The standard InChI is InChI=1S/C17H21ClN4O2S/c1-12-4-3-9-19-16(12)17-14(18)5-6-15(20-17)22-10-7-13(8-11-22)21-25(2,23)24/h3-6,9,13,21H,7-8,10-11H2,1-2H3. The Hall–Kier alpha value is -1.70. The van der Waals surface area contributed by atoms with Gasteiger partial charge in [-0.1, -0.05) is 17.7 Å². The summed E-state index contributed by atoms with van der Waals surface area (Å²) in [6.45, 7) is 3.46. The number of hydrogen-bond donors (Lipinski definition) is 1. The predicted octanol–water partition coefficient (Wildman–Crippen LogP) is 2.62. The lowest BCUT2D eigenvalue weighted by Crippen LogP contribution is -2.44. The molecule has 0 saturated carbocycles. The van der Waals surface area contributed by atoms with Crippen LogP contribution in [-0.4, -0.2) is 43.8 Å². The molecule has 1 N–H and O–H groups in total. The van der Waals surface area contributed by atoms with Crippen LogP contribution in [0.4, 0.5) is 5.82 Å². The van der Waals surface area contributed by atoms with Gasteiger partial charge in [-0.25, -0.2) is 18.1 Å². The highest BCUT2D eigenvalue weighted by atomic mass is 35.5. The molecule has 0 aliphatic carbocycles. The fraction of sp³-hybridized carbons (Fsp3) is 0.412. The zero-order valence-electron chi connectivity index (χ0n) is 14.2. The molecule has 2 aromatic heterocycles. The molecule has 3 rings (SSSR count). The van der Waals surface area contributed by atoms with Gasteiger partial charge in [0, 0.05) is 25.3 Å². The van der Waals surface area contributed by atoms with E-state index in [0.29, 0.717) is 10.7 Å². The van der Waals surface area contributed by atoms with E-state index in [9.17, 15) is 8.42 Å². The van der Waals surface area contributed by atoms with Gasteiger partial charge in [0.25, 0.3) is 0 Å². The maximum Gasteiger partial charge on any atom is 0.208 e. The van der Waals surface area contributed by atoms with Gasteiger partial charge in [0.2, 0.25) is 10.0 Å². The summed E-state index contributed by atoms with van der Waals surface area (Å²) in [7, 11) is -3.17. The largest absolute Gasteiger partial charge is 0.356 e. The van der Waals surface area contributed by atoms with Crippen molar-refractivity contribution in [3.8, 4) is 11.4 Å². The highest BCUT2D eigenvalue weighted by Crippen LogP contribution is 2.30. The van der Waals surface area contributed by atoms with Crippen molar-refractivity contribution in [2.24, 2.45) is 0 Å². The number of rotatable bonds is 4. The highest BCUT2D eigenvalue weighted by molar-refractivity contribution is 7.88. The number of aromatic nitrogens is 2. The first-order chi connectivity index (χ1) is 11.8. The molecule has 0 radical (unpaired) electrons. The van der Waals surface area contributed by atoms with Crippen molar-refractivity contribution < 1.29 is 8.42 Å². The van der Waals surface area contributed by atoms with Crippen LogP contribution < -0.4 is 9.62 Å². The predicted molar refractivity (Wildman–Crippen MR) is 100 cm³/mol. The van der Waals surface area contributed by atoms with Crippen molar-refractivity contribution in [1.29, 1.82) is 0 Å². The zero-order chi connectivity index (χ0) is 18.0. The third-order valence-corrected chi connectivity index (χ3v) is 5.33. The van der Waals surface area contributed by atoms with E-state index in [1.165, 1.54) is 6.26 Å². The van der Waals surface area contributed by atoms with Crippen LogP contribution in [0.5, 0.6) is 0 Å². The second-order valence-corrected chi connectivity index (χ2v) is 8.51. The van der Waals surface area contributed by atoms with Gasteiger partial charge in [0.15, 0.2) is 0 Å². The minimum absolute atomic E-state index is 0.0175. The van der Waals surface area contributed by atoms with E-state index < -0.39 is 10.0 Å². The van der Waals surface area contributed by atoms with E-state index in [1.807, 2.05) is 31.2 Å². The van der Waals surface area contributed by atoms with Crippen molar-refractivity contribution >= 4 is 27.4 Å². The molecule has 8 heteroatoms. The van der Waals surface area contributed by atoms with Crippen molar-refractivity contribution in [1.82, 2.24) is 14.7 Å². The van der Waals surface area contributed by atoms with Gasteiger partial charge in [0.05, 0.1) is 17.0 Å². The molecule has 1 aliphatic rings. The summed E-state index contributed by atoms with van der Waals surface area (Å²) in [5.74, 6) is 0.835. The summed E-state index contributed by atoms with van der Waals surface area (Å²) in [4.78, 5) is 11.3. The molecule has 6 nitrogen and oxygen atoms in total. The van der Waals surface area contributed by atoms with Crippen LogP contribution in [0, 0.1) is 6.92 Å². The second-order valence-electron chi connectivity index (χ2n) is 6.32. The topological polar surface area (TPSA) is 75.2 Å². The van der Waals surface area contributed by atoms with E-state index >= 15 is 0 Å². The Labute approximate surface area is 153 Å². The quantitative estimate of drug-likeness (QED) is 0.882. The third kappa shape index (κ3) is 4.48. The van der Waals surface area contributed by atoms with Crippen LogP contribution in [0.15, 0.2) is 30.5 Å². The zero-order valence-corrected chi connectivity index (χ0v) is 15.8. The lowest BCUT2D eigenvalue weighted by atomic mass is 10.1. The molecule has 0 aromatic carbocycles. The highest BCUT2D eigenvalue weighted by Gasteiger charge is 2.23. The van der Waals surface area contributed by atoms with Crippen molar-refractivity contribution in [3.05, 3.63) is 41.0 Å². The Morgan fingerprint density at radius 3 is 2.56 bits per heavy atom. The van der Waals surface area contributed by atoms with Gasteiger partial charge in [-0.2, -0.15) is 0 Å². The Balaban J connectivity index is 1.79. The van der Waals surface area contributed by atoms with Gasteiger partial charge in [-0.15, -0.1) is 0 Å². The average molecular weight is 381 g/mol. The molecule has 134 valence electrons. The Bertz CT molecular complexity index is 865. The molecule has 25 heavy (non-hydrogen) atoms. The van der Waals surface area contributed by atoms with Crippen LogP contribution in [0.1, 0.15) is 18.4 Å². The van der Waals surface area contributed by atoms with Crippen molar-refractivity contribution in [2.75, 3.05) is 24.2 Å². The number of hydrogen-bond acceptors (Lipinski definition) is 5. The first-order valence-corrected chi connectivity index (χ1v) is 10.4.